The van der Waals surface area contributed by atoms with E-state index in [0.717, 1.165) is 19.6 Å². The van der Waals surface area contributed by atoms with Gasteiger partial charge in [0.25, 0.3) is 0 Å². The van der Waals surface area contributed by atoms with Gasteiger partial charge in [0.15, 0.2) is 0 Å². The fourth-order valence-electron chi connectivity index (χ4n) is 1.87. The third-order valence-electron chi connectivity index (χ3n) is 2.77. The van der Waals surface area contributed by atoms with Crippen LogP contribution in [0.1, 0.15) is 4.88 Å². The number of morpholine rings is 1. The van der Waals surface area contributed by atoms with Crippen LogP contribution < -0.4 is 0 Å². The normalized spacial score (nSPS) is 16.5. The maximum atomic E-state index is 12.0. The molecule has 4 nitrogen and oxygen atoms in total. The minimum absolute atomic E-state index is 0.201. The molecule has 1 aliphatic rings. The first-order chi connectivity index (χ1) is 8.25. The molecule has 2 heterocycles. The predicted octanol–water partition coefficient (Wildman–Crippen LogP) is 1.04. The van der Waals surface area contributed by atoms with Gasteiger partial charge in [-0.15, -0.1) is 11.3 Å². The lowest BCUT2D eigenvalue weighted by molar-refractivity contribution is -0.136. The molecule has 5 heteroatoms. The fourth-order valence-corrected chi connectivity index (χ4v) is 2.65. The minimum atomic E-state index is 0.201. The maximum Gasteiger partial charge on any atom is 0.236 e. The van der Waals surface area contributed by atoms with Gasteiger partial charge in [-0.2, -0.15) is 0 Å². The number of rotatable bonds is 4. The van der Waals surface area contributed by atoms with Crippen molar-refractivity contribution in [2.24, 2.45) is 0 Å². The summed E-state index contributed by atoms with van der Waals surface area (Å²) in [7, 11) is 1.98. The molecule has 1 fully saturated rings. The van der Waals surface area contributed by atoms with Gasteiger partial charge in [0.1, 0.15) is 0 Å². The van der Waals surface area contributed by atoms with Gasteiger partial charge in [0.2, 0.25) is 5.91 Å². The van der Waals surface area contributed by atoms with E-state index in [4.69, 9.17) is 4.74 Å². The van der Waals surface area contributed by atoms with Crippen LogP contribution >= 0.6 is 11.3 Å². The topological polar surface area (TPSA) is 32.8 Å². The number of hydrogen-bond donors (Lipinski definition) is 0. The van der Waals surface area contributed by atoms with Gasteiger partial charge in [-0.3, -0.25) is 9.69 Å². The number of ether oxygens (including phenoxy) is 1. The van der Waals surface area contributed by atoms with Gasteiger partial charge < -0.3 is 9.64 Å². The Morgan fingerprint density at radius 1 is 1.53 bits per heavy atom. The van der Waals surface area contributed by atoms with Crippen LogP contribution in [0.3, 0.4) is 0 Å². The first kappa shape index (κ1) is 12.5. The molecule has 1 amide bonds. The molecular weight excluding hydrogens is 236 g/mol. The van der Waals surface area contributed by atoms with E-state index in [-0.39, 0.29) is 5.91 Å². The number of hydrogen-bond acceptors (Lipinski definition) is 4. The first-order valence-electron chi connectivity index (χ1n) is 5.82. The molecule has 1 aromatic heterocycles. The molecule has 0 saturated carbocycles. The van der Waals surface area contributed by atoms with Crippen molar-refractivity contribution in [3.63, 3.8) is 0 Å². The average Bonchev–Trinajstić information content (AvgIpc) is 2.82. The van der Waals surface area contributed by atoms with Crippen molar-refractivity contribution >= 4 is 17.2 Å². The molecule has 94 valence electrons. The fraction of sp³-hybridized carbons (Fsp3) is 0.583. The Balaban J connectivity index is 1.77. The first-order valence-corrected chi connectivity index (χ1v) is 6.70. The van der Waals surface area contributed by atoms with Crippen molar-refractivity contribution in [3.05, 3.63) is 22.4 Å². The highest BCUT2D eigenvalue weighted by Gasteiger charge is 2.18. The largest absolute Gasteiger partial charge is 0.378 e. The second kappa shape index (κ2) is 6.14. The van der Waals surface area contributed by atoms with Gasteiger partial charge >= 0.3 is 0 Å². The van der Waals surface area contributed by atoms with Crippen molar-refractivity contribution < 1.29 is 9.53 Å². The molecule has 0 bridgehead atoms. The van der Waals surface area contributed by atoms with E-state index in [1.807, 2.05) is 18.0 Å². The highest BCUT2D eigenvalue weighted by molar-refractivity contribution is 7.09. The molecular formula is C12H18N2O2S. The van der Waals surface area contributed by atoms with Crippen LogP contribution in [0.4, 0.5) is 0 Å². The Morgan fingerprint density at radius 2 is 2.29 bits per heavy atom. The van der Waals surface area contributed by atoms with Crippen LogP contribution in [0.15, 0.2) is 17.5 Å². The van der Waals surface area contributed by atoms with Gasteiger partial charge in [-0.1, -0.05) is 6.07 Å². The Labute approximate surface area is 106 Å². The number of carbonyl (C=O) groups excluding carboxylic acids is 1. The Hall–Kier alpha value is -0.910. The van der Waals surface area contributed by atoms with Crippen molar-refractivity contribution in [1.82, 2.24) is 9.80 Å². The lowest BCUT2D eigenvalue weighted by atomic mass is 10.3. The van der Waals surface area contributed by atoms with Crippen molar-refractivity contribution in [2.75, 3.05) is 39.9 Å². The maximum absolute atomic E-state index is 12.0. The van der Waals surface area contributed by atoms with Crippen LogP contribution in [0.5, 0.6) is 0 Å². The number of thiophene rings is 1. The third kappa shape index (κ3) is 3.80. The average molecular weight is 254 g/mol. The van der Waals surface area contributed by atoms with E-state index in [0.29, 0.717) is 19.8 Å². The van der Waals surface area contributed by atoms with Gasteiger partial charge in [-0.25, -0.2) is 0 Å². The summed E-state index contributed by atoms with van der Waals surface area (Å²) in [6.45, 7) is 4.11. The van der Waals surface area contributed by atoms with Crippen molar-refractivity contribution in [3.8, 4) is 0 Å². The summed E-state index contributed by atoms with van der Waals surface area (Å²) in [6.07, 6.45) is 0. The van der Waals surface area contributed by atoms with Crippen LogP contribution in [0.2, 0.25) is 0 Å². The van der Waals surface area contributed by atoms with Crippen LogP contribution in [0, 0.1) is 0 Å². The zero-order valence-electron chi connectivity index (χ0n) is 10.1. The van der Waals surface area contributed by atoms with E-state index in [9.17, 15) is 4.79 Å². The molecule has 17 heavy (non-hydrogen) atoms. The van der Waals surface area contributed by atoms with Crippen LogP contribution in [0.25, 0.3) is 0 Å². The van der Waals surface area contributed by atoms with Crippen LogP contribution in [-0.2, 0) is 16.1 Å². The lowest BCUT2D eigenvalue weighted by Crippen LogP contribution is -2.44. The minimum Gasteiger partial charge on any atom is -0.378 e. The third-order valence-corrected chi connectivity index (χ3v) is 3.64. The number of amides is 1. The summed E-state index contributed by atoms with van der Waals surface area (Å²) in [5, 5.41) is 2.06. The predicted molar refractivity (Wildman–Crippen MR) is 68.1 cm³/mol. The zero-order chi connectivity index (χ0) is 12.1. The molecule has 0 radical (unpaired) electrons. The molecule has 0 aromatic carbocycles. The Kier molecular flexibility index (Phi) is 4.53. The van der Waals surface area contributed by atoms with E-state index in [2.05, 4.69) is 16.3 Å². The van der Waals surface area contributed by atoms with Crippen LogP contribution in [-0.4, -0.2) is 55.6 Å². The number of likely N-dealkylation sites (N-methyl/N-ethyl adjacent to an activating group) is 1. The SMILES string of the molecule is CN(CC(=O)N1CCOCC1)Cc1cccs1. The smallest absolute Gasteiger partial charge is 0.236 e. The molecule has 1 aliphatic heterocycles. The highest BCUT2D eigenvalue weighted by atomic mass is 32.1. The summed E-state index contributed by atoms with van der Waals surface area (Å²) in [5.74, 6) is 0.201. The van der Waals surface area contributed by atoms with E-state index < -0.39 is 0 Å². The summed E-state index contributed by atoms with van der Waals surface area (Å²) >= 11 is 1.73. The van der Waals surface area contributed by atoms with E-state index in [1.165, 1.54) is 4.88 Å². The number of carbonyl (C=O) groups is 1. The molecule has 1 aromatic rings. The monoisotopic (exact) mass is 254 g/mol. The van der Waals surface area contributed by atoms with Gasteiger partial charge in [-0.05, 0) is 18.5 Å². The van der Waals surface area contributed by atoms with E-state index in [1.54, 1.807) is 11.3 Å². The quantitative estimate of drug-likeness (QED) is 0.805. The van der Waals surface area contributed by atoms with Crippen molar-refractivity contribution in [1.29, 1.82) is 0 Å². The summed E-state index contributed by atoms with van der Waals surface area (Å²) in [4.78, 5) is 17.2. The summed E-state index contributed by atoms with van der Waals surface area (Å²) < 4.78 is 5.23. The Morgan fingerprint density at radius 3 is 2.94 bits per heavy atom. The second-order valence-corrected chi connectivity index (χ2v) is 5.28. The zero-order valence-corrected chi connectivity index (χ0v) is 10.9. The van der Waals surface area contributed by atoms with E-state index >= 15 is 0 Å². The number of nitrogens with zero attached hydrogens (tertiary/aromatic N) is 2. The molecule has 2 rings (SSSR count). The second-order valence-electron chi connectivity index (χ2n) is 4.24. The van der Waals surface area contributed by atoms with Gasteiger partial charge in [0.05, 0.1) is 19.8 Å². The summed E-state index contributed by atoms with van der Waals surface area (Å²) in [5.41, 5.74) is 0. The molecule has 0 aliphatic carbocycles. The Bertz CT molecular complexity index is 347. The van der Waals surface area contributed by atoms with Gasteiger partial charge in [0, 0.05) is 24.5 Å². The molecule has 0 N–H and O–H groups in total. The molecule has 1 saturated heterocycles. The standard InChI is InChI=1S/C12H18N2O2S/c1-13(9-11-3-2-8-17-11)10-12(15)14-4-6-16-7-5-14/h2-3,8H,4-7,9-10H2,1H3. The molecule has 0 spiro atoms. The lowest BCUT2D eigenvalue weighted by Gasteiger charge is -2.28. The highest BCUT2D eigenvalue weighted by Crippen LogP contribution is 2.10. The van der Waals surface area contributed by atoms with Crippen molar-refractivity contribution in [2.45, 2.75) is 6.54 Å². The summed E-state index contributed by atoms with van der Waals surface area (Å²) in [6, 6.07) is 4.14. The molecule has 0 atom stereocenters. The molecule has 0 unspecified atom stereocenters.